The highest BCUT2D eigenvalue weighted by molar-refractivity contribution is 5.71. The minimum atomic E-state index is -0.269. The summed E-state index contributed by atoms with van der Waals surface area (Å²) in [4.78, 5) is 5.12. The maximum Gasteiger partial charge on any atom is 0.129 e. The number of aliphatic hydroxyl groups excluding tert-OH is 1. The molecule has 22 heavy (non-hydrogen) atoms. The standard InChI is InChI=1S/C18H27NO3/c1-17(2,3)14-7-12(11-8-19-22-10-11)13(9-20)15(16(14)21)18(4,5)6/h7-8,11,20-21H,9-10H2,1-6H3. The Labute approximate surface area is 132 Å². The van der Waals surface area contributed by atoms with Gasteiger partial charge in [0.25, 0.3) is 0 Å². The summed E-state index contributed by atoms with van der Waals surface area (Å²) in [5.41, 5.74) is 3.04. The summed E-state index contributed by atoms with van der Waals surface area (Å²) in [6.45, 7) is 12.8. The number of phenolic OH excluding ortho intramolecular Hbond substituents is 1. The van der Waals surface area contributed by atoms with Crippen LogP contribution in [0.3, 0.4) is 0 Å². The Hall–Kier alpha value is -1.55. The smallest absolute Gasteiger partial charge is 0.129 e. The van der Waals surface area contributed by atoms with Gasteiger partial charge in [-0.25, -0.2) is 0 Å². The molecule has 0 radical (unpaired) electrons. The lowest BCUT2D eigenvalue weighted by Gasteiger charge is -2.31. The highest BCUT2D eigenvalue weighted by atomic mass is 16.6. The second-order valence-corrected chi connectivity index (χ2v) is 8.03. The van der Waals surface area contributed by atoms with Crippen molar-refractivity contribution in [2.75, 3.05) is 6.61 Å². The summed E-state index contributed by atoms with van der Waals surface area (Å²) in [7, 11) is 0. The van der Waals surface area contributed by atoms with Gasteiger partial charge in [-0.3, -0.25) is 0 Å². The number of nitrogens with zero attached hydrogens (tertiary/aromatic N) is 1. The molecule has 2 N–H and O–H groups in total. The molecule has 0 aliphatic carbocycles. The van der Waals surface area contributed by atoms with E-state index in [0.29, 0.717) is 12.4 Å². The Balaban J connectivity index is 2.80. The average molecular weight is 305 g/mol. The van der Waals surface area contributed by atoms with Gasteiger partial charge in [-0.1, -0.05) is 52.8 Å². The Morgan fingerprint density at radius 3 is 2.23 bits per heavy atom. The third-order valence-electron chi connectivity index (χ3n) is 4.13. The highest BCUT2D eigenvalue weighted by Crippen LogP contribution is 2.44. The maximum absolute atomic E-state index is 10.9. The molecule has 1 atom stereocenters. The summed E-state index contributed by atoms with van der Waals surface area (Å²) in [5, 5.41) is 24.7. The Morgan fingerprint density at radius 1 is 1.18 bits per heavy atom. The van der Waals surface area contributed by atoms with Crippen LogP contribution >= 0.6 is 0 Å². The van der Waals surface area contributed by atoms with Gasteiger partial charge in [0.1, 0.15) is 12.4 Å². The van der Waals surface area contributed by atoms with E-state index in [2.05, 4.69) is 46.7 Å². The molecular formula is C18H27NO3. The van der Waals surface area contributed by atoms with Gasteiger partial charge in [-0.05, 0) is 27.5 Å². The first-order valence-corrected chi connectivity index (χ1v) is 7.73. The molecule has 0 saturated heterocycles. The molecule has 1 aliphatic rings. The predicted molar refractivity (Wildman–Crippen MR) is 88.6 cm³/mol. The van der Waals surface area contributed by atoms with E-state index in [9.17, 15) is 10.2 Å². The van der Waals surface area contributed by atoms with Gasteiger partial charge in [0.2, 0.25) is 0 Å². The van der Waals surface area contributed by atoms with Crippen molar-refractivity contribution < 1.29 is 15.1 Å². The summed E-state index contributed by atoms with van der Waals surface area (Å²) >= 11 is 0. The SMILES string of the molecule is CC(C)(C)c1cc(C2C=NOC2)c(CO)c(C(C)(C)C)c1O. The monoisotopic (exact) mass is 305 g/mol. The molecule has 1 aliphatic heterocycles. The summed E-state index contributed by atoms with van der Waals surface area (Å²) in [6, 6.07) is 2.00. The van der Waals surface area contributed by atoms with E-state index in [0.717, 1.165) is 22.3 Å². The topological polar surface area (TPSA) is 62.0 Å². The molecule has 122 valence electrons. The molecule has 4 nitrogen and oxygen atoms in total. The van der Waals surface area contributed by atoms with E-state index in [1.807, 2.05) is 6.07 Å². The first-order valence-electron chi connectivity index (χ1n) is 7.73. The van der Waals surface area contributed by atoms with Gasteiger partial charge in [-0.15, -0.1) is 0 Å². The van der Waals surface area contributed by atoms with Gasteiger partial charge in [0.15, 0.2) is 0 Å². The van der Waals surface area contributed by atoms with Crippen LogP contribution in [0.5, 0.6) is 5.75 Å². The molecule has 4 heteroatoms. The van der Waals surface area contributed by atoms with Crippen LogP contribution in [0.4, 0.5) is 0 Å². The molecule has 0 spiro atoms. The van der Waals surface area contributed by atoms with Crippen LogP contribution in [-0.2, 0) is 22.3 Å². The number of benzene rings is 1. The molecule has 1 unspecified atom stereocenters. The van der Waals surface area contributed by atoms with Crippen molar-refractivity contribution in [3.05, 3.63) is 28.3 Å². The van der Waals surface area contributed by atoms with Crippen molar-refractivity contribution in [1.82, 2.24) is 0 Å². The fourth-order valence-corrected chi connectivity index (χ4v) is 3.07. The minimum absolute atomic E-state index is 0.0185. The molecule has 0 fully saturated rings. The second-order valence-electron chi connectivity index (χ2n) is 8.03. The molecule has 1 aromatic carbocycles. The van der Waals surface area contributed by atoms with Crippen LogP contribution in [0.1, 0.15) is 69.7 Å². The Morgan fingerprint density at radius 2 is 1.82 bits per heavy atom. The summed E-state index contributed by atoms with van der Waals surface area (Å²) < 4.78 is 0. The number of rotatable bonds is 2. The third-order valence-corrected chi connectivity index (χ3v) is 4.13. The number of oxime groups is 1. The molecule has 2 rings (SSSR count). The number of hydrogen-bond donors (Lipinski definition) is 2. The van der Waals surface area contributed by atoms with Crippen molar-refractivity contribution in [2.45, 2.75) is 64.9 Å². The van der Waals surface area contributed by atoms with Crippen LogP contribution in [0.15, 0.2) is 11.2 Å². The molecule has 0 saturated carbocycles. The molecule has 0 amide bonds. The van der Waals surface area contributed by atoms with Gasteiger partial charge < -0.3 is 15.1 Å². The minimum Gasteiger partial charge on any atom is -0.507 e. The van der Waals surface area contributed by atoms with Crippen LogP contribution in [0.2, 0.25) is 0 Å². The van der Waals surface area contributed by atoms with E-state index in [1.54, 1.807) is 6.21 Å². The molecule has 0 bridgehead atoms. The largest absolute Gasteiger partial charge is 0.507 e. The zero-order valence-electron chi connectivity index (χ0n) is 14.4. The van der Waals surface area contributed by atoms with Crippen LogP contribution in [-0.4, -0.2) is 23.0 Å². The van der Waals surface area contributed by atoms with Gasteiger partial charge >= 0.3 is 0 Å². The van der Waals surface area contributed by atoms with Crippen LogP contribution in [0.25, 0.3) is 0 Å². The lowest BCUT2D eigenvalue weighted by atomic mass is 9.74. The summed E-state index contributed by atoms with van der Waals surface area (Å²) in [5.74, 6) is 0.314. The zero-order chi connectivity index (χ0) is 16.7. The van der Waals surface area contributed by atoms with E-state index < -0.39 is 0 Å². The highest BCUT2D eigenvalue weighted by Gasteiger charge is 2.32. The quantitative estimate of drug-likeness (QED) is 0.878. The number of aromatic hydroxyl groups is 1. The maximum atomic E-state index is 10.9. The zero-order valence-corrected chi connectivity index (χ0v) is 14.4. The number of aliphatic hydroxyl groups is 1. The molecule has 1 heterocycles. The van der Waals surface area contributed by atoms with Crippen LogP contribution in [0, 0.1) is 0 Å². The lowest BCUT2D eigenvalue weighted by molar-refractivity contribution is 0.166. The lowest BCUT2D eigenvalue weighted by Crippen LogP contribution is -2.22. The second kappa shape index (κ2) is 5.58. The van der Waals surface area contributed by atoms with E-state index >= 15 is 0 Å². The number of phenols is 1. The van der Waals surface area contributed by atoms with Crippen molar-refractivity contribution in [3.63, 3.8) is 0 Å². The Kier molecular flexibility index (Phi) is 4.26. The molecular weight excluding hydrogens is 278 g/mol. The van der Waals surface area contributed by atoms with Crippen molar-refractivity contribution >= 4 is 6.21 Å². The summed E-state index contributed by atoms with van der Waals surface area (Å²) in [6.07, 6.45) is 1.77. The predicted octanol–water partition coefficient (Wildman–Crippen LogP) is 3.58. The fourth-order valence-electron chi connectivity index (χ4n) is 3.07. The molecule has 1 aromatic rings. The van der Waals surface area contributed by atoms with E-state index in [-0.39, 0.29) is 23.4 Å². The fraction of sp³-hybridized carbons (Fsp3) is 0.611. The normalized spacial score (nSPS) is 18.6. The number of hydrogen-bond acceptors (Lipinski definition) is 4. The van der Waals surface area contributed by atoms with E-state index in [1.165, 1.54) is 0 Å². The van der Waals surface area contributed by atoms with Gasteiger partial charge in [-0.2, -0.15) is 0 Å². The molecule has 0 aromatic heterocycles. The first kappa shape index (κ1) is 16.8. The van der Waals surface area contributed by atoms with Gasteiger partial charge in [0, 0.05) is 5.56 Å². The van der Waals surface area contributed by atoms with Crippen molar-refractivity contribution in [1.29, 1.82) is 0 Å². The van der Waals surface area contributed by atoms with E-state index in [4.69, 9.17) is 4.84 Å². The third kappa shape index (κ3) is 2.98. The average Bonchev–Trinajstić information content (AvgIpc) is 2.88. The van der Waals surface area contributed by atoms with Crippen molar-refractivity contribution in [3.8, 4) is 5.75 Å². The van der Waals surface area contributed by atoms with Crippen LogP contribution < -0.4 is 0 Å². The van der Waals surface area contributed by atoms with Crippen molar-refractivity contribution in [2.24, 2.45) is 5.16 Å². The van der Waals surface area contributed by atoms with Gasteiger partial charge in [0.05, 0.1) is 18.7 Å². The first-order chi connectivity index (χ1) is 10.1. The Bertz CT molecular complexity index is 592.